The highest BCUT2D eigenvalue weighted by atomic mass is 35.5. The topological polar surface area (TPSA) is 181 Å². The second-order valence-corrected chi connectivity index (χ2v) is 26.7. The van der Waals surface area contributed by atoms with Gasteiger partial charge in [-0.25, -0.2) is 43.1 Å². The highest BCUT2D eigenvalue weighted by Gasteiger charge is 2.25. The predicted molar refractivity (Wildman–Crippen MR) is 386 cm³/mol. The SMILES string of the molecule is Cc1cn2c(NCc3c(F)ccc4c3CCO4)ncc(-c3ccc(C(=O)N(C)C)cc3Cl)c2n1.Cc1cn2c(NCc3c(F)ccc4c3CCO4)ncc(-c3ccc(CN(C)C)cc3C)c2n1.Cc1cn2c(NCc3c(F)ccc4c3CCO4)ncc(-c3ccc(CN(C)C)cc3Cl)c2n1. The summed E-state index contributed by atoms with van der Waals surface area (Å²) in [6.45, 7) is 12.2. The molecule has 0 aliphatic carbocycles. The maximum atomic E-state index is 14.6. The third kappa shape index (κ3) is 14.2. The van der Waals surface area contributed by atoms with Crippen LogP contribution in [0.2, 0.25) is 10.0 Å². The predicted octanol–water partition coefficient (Wildman–Crippen LogP) is 14.6. The van der Waals surface area contributed by atoms with Gasteiger partial charge >= 0.3 is 0 Å². The highest BCUT2D eigenvalue weighted by molar-refractivity contribution is 6.34. The fraction of sp³-hybridized carbons (Fsp3) is 0.276. The molecular weight excluding hydrogens is 1310 g/mol. The van der Waals surface area contributed by atoms with Gasteiger partial charge in [0.05, 0.1) is 36.9 Å². The van der Waals surface area contributed by atoms with E-state index in [-0.39, 0.29) is 29.9 Å². The van der Waals surface area contributed by atoms with Gasteiger partial charge in [0.2, 0.25) is 17.8 Å². The normalized spacial score (nSPS) is 12.8. The second-order valence-electron chi connectivity index (χ2n) is 25.9. The molecule has 9 heterocycles. The summed E-state index contributed by atoms with van der Waals surface area (Å²) in [6.07, 6.45) is 13.2. The van der Waals surface area contributed by atoms with Crippen LogP contribution >= 0.6 is 23.2 Å². The van der Waals surface area contributed by atoms with E-state index in [2.05, 4.69) is 86.0 Å². The number of carbonyl (C=O) groups excluding carboxylic acids is 1. The molecule has 0 atom stereocenters. The van der Waals surface area contributed by atoms with Crippen LogP contribution in [0.5, 0.6) is 17.2 Å². The number of rotatable bonds is 17. The van der Waals surface area contributed by atoms with Crippen LogP contribution in [0.15, 0.2) is 128 Å². The molecule has 0 unspecified atom stereocenters. The second kappa shape index (κ2) is 28.9. The van der Waals surface area contributed by atoms with Crippen molar-refractivity contribution >= 4 is 63.9 Å². The Morgan fingerprint density at radius 3 is 1.19 bits per heavy atom. The van der Waals surface area contributed by atoms with Gasteiger partial charge in [-0.05, 0) is 133 Å². The lowest BCUT2D eigenvalue weighted by Gasteiger charge is -2.15. The molecule has 514 valence electrons. The molecule has 6 aromatic carbocycles. The van der Waals surface area contributed by atoms with Crippen molar-refractivity contribution in [1.82, 2.24) is 57.8 Å². The molecule has 3 aliphatic heterocycles. The van der Waals surface area contributed by atoms with Crippen LogP contribution in [0, 0.1) is 45.1 Å². The minimum atomic E-state index is -0.273. The van der Waals surface area contributed by atoms with Crippen LogP contribution in [0.25, 0.3) is 50.3 Å². The summed E-state index contributed by atoms with van der Waals surface area (Å²) in [6, 6.07) is 27.2. The van der Waals surface area contributed by atoms with E-state index in [9.17, 15) is 18.0 Å². The minimum absolute atomic E-state index is 0.127. The largest absolute Gasteiger partial charge is 0.493 e. The number of benzene rings is 6. The molecule has 0 saturated heterocycles. The van der Waals surface area contributed by atoms with Crippen molar-refractivity contribution in [2.24, 2.45) is 0 Å². The van der Waals surface area contributed by atoms with Gasteiger partial charge in [-0.15, -0.1) is 0 Å². The van der Waals surface area contributed by atoms with E-state index in [1.165, 1.54) is 34.2 Å². The van der Waals surface area contributed by atoms with E-state index in [0.717, 1.165) is 121 Å². The molecule has 15 rings (SSSR count). The first-order valence-corrected chi connectivity index (χ1v) is 33.6. The number of nitrogens with zero attached hydrogens (tertiary/aromatic N) is 12. The summed E-state index contributed by atoms with van der Waals surface area (Å²) in [4.78, 5) is 46.1. The van der Waals surface area contributed by atoms with Gasteiger partial charge < -0.3 is 44.9 Å². The van der Waals surface area contributed by atoms with Crippen molar-refractivity contribution in [3.8, 4) is 50.6 Å². The Kier molecular flexibility index (Phi) is 19.7. The molecule has 24 heteroatoms. The number of imidazole rings is 3. The van der Waals surface area contributed by atoms with E-state index < -0.39 is 0 Å². The van der Waals surface area contributed by atoms with Gasteiger partial charge in [0, 0.05) is 180 Å². The number of nitrogens with one attached hydrogen (secondary N) is 3. The standard InChI is InChI=1S/C26H28FN5O.C25H23ClFN5O2.C25H25ClFN5O/c1-16-11-18(15-31(3)4)5-6-19(16)22-13-29-26(32-14-17(2)30-25(22)32)28-12-21-20-9-10-33-24(20)8-7-23(21)27;1-14-13-32-23(30-14)19(16-5-4-15(10-20(16)26)24(33)31(2)3)12-29-25(32)28-11-18-17-8-9-34-22(17)7-6-21(18)27;1-15-13-32-24(30-15)20(17-5-4-16(10-21(17)26)14-31(2)3)12-29-25(32)28-11-19-18-8-9-33-23(18)7-6-22(19)27/h5-8,11,13-14H,9-10,12,15H2,1-4H3,(H,28,29);4-7,10,12-13H,8-9,11H2,1-3H3,(H,28,29);4-7,10,12-13H,8-9,11,14H2,1-3H3,(H,28,29). The van der Waals surface area contributed by atoms with Crippen LogP contribution in [-0.2, 0) is 52.0 Å². The van der Waals surface area contributed by atoms with Crippen molar-refractivity contribution < 1.29 is 32.2 Å². The quantitative estimate of drug-likeness (QED) is 0.0783. The Bertz CT molecular complexity index is 4920. The molecule has 3 N–H and O–H groups in total. The molecule has 0 fully saturated rings. The van der Waals surface area contributed by atoms with E-state index in [4.69, 9.17) is 52.4 Å². The maximum Gasteiger partial charge on any atom is 0.253 e. The van der Waals surface area contributed by atoms with Gasteiger partial charge in [0.1, 0.15) is 51.6 Å². The van der Waals surface area contributed by atoms with E-state index in [1.54, 1.807) is 62.9 Å². The fourth-order valence-corrected chi connectivity index (χ4v) is 13.7. The van der Waals surface area contributed by atoms with Crippen molar-refractivity contribution in [3.63, 3.8) is 0 Å². The Morgan fingerprint density at radius 1 is 0.470 bits per heavy atom. The van der Waals surface area contributed by atoms with Crippen LogP contribution in [-0.4, -0.2) is 126 Å². The number of hydrogen-bond acceptors (Lipinski definition) is 15. The van der Waals surface area contributed by atoms with Gasteiger partial charge in [-0.2, -0.15) is 0 Å². The van der Waals surface area contributed by atoms with Crippen LogP contribution in [0.1, 0.15) is 77.5 Å². The van der Waals surface area contributed by atoms with E-state index in [0.29, 0.717) is 102 Å². The number of carbonyl (C=O) groups is 1. The third-order valence-corrected chi connectivity index (χ3v) is 18.4. The molecule has 12 aromatic rings. The van der Waals surface area contributed by atoms with Crippen molar-refractivity contribution in [1.29, 1.82) is 0 Å². The summed E-state index contributed by atoms with van der Waals surface area (Å²) in [5, 5.41) is 10.9. The number of ether oxygens (including phenoxy) is 3. The summed E-state index contributed by atoms with van der Waals surface area (Å²) in [5.41, 5.74) is 18.7. The summed E-state index contributed by atoms with van der Waals surface area (Å²) in [5.74, 6) is 3.14. The first-order valence-electron chi connectivity index (χ1n) is 32.9. The number of halogens is 5. The highest BCUT2D eigenvalue weighted by Crippen LogP contribution is 2.38. The summed E-state index contributed by atoms with van der Waals surface area (Å²) < 4.78 is 66.1. The molecule has 0 radical (unpaired) electrons. The lowest BCUT2D eigenvalue weighted by molar-refractivity contribution is 0.0827. The lowest BCUT2D eigenvalue weighted by atomic mass is 10.00. The molecule has 19 nitrogen and oxygen atoms in total. The number of aromatic nitrogens is 9. The zero-order valence-electron chi connectivity index (χ0n) is 57.3. The molecule has 0 spiro atoms. The summed E-state index contributed by atoms with van der Waals surface area (Å²) >= 11 is 13.2. The number of aryl methyl sites for hydroxylation is 4. The lowest BCUT2D eigenvalue weighted by Crippen LogP contribution is -2.21. The zero-order chi connectivity index (χ0) is 70.2. The Balaban J connectivity index is 0.000000134. The average Bonchev–Trinajstić information content (AvgIpc) is 1.59. The number of anilines is 3. The average molecular weight is 1390 g/mol. The molecule has 1 amide bonds. The molecule has 0 saturated carbocycles. The number of amides is 1. The van der Waals surface area contributed by atoms with Crippen LogP contribution in [0.3, 0.4) is 0 Å². The Labute approximate surface area is 587 Å². The number of hydrogen-bond donors (Lipinski definition) is 3. The van der Waals surface area contributed by atoms with Gasteiger partial charge in [-0.3, -0.25) is 18.0 Å². The van der Waals surface area contributed by atoms with Crippen LogP contribution in [0.4, 0.5) is 31.0 Å². The zero-order valence-corrected chi connectivity index (χ0v) is 58.8. The smallest absolute Gasteiger partial charge is 0.253 e. The Morgan fingerprint density at radius 2 is 0.830 bits per heavy atom. The number of fused-ring (bicyclic) bond motifs is 6. The summed E-state index contributed by atoms with van der Waals surface area (Å²) in [7, 11) is 11.6. The fourth-order valence-electron chi connectivity index (χ4n) is 13.1. The Hall–Kier alpha value is -10.3. The van der Waals surface area contributed by atoms with Gasteiger partial charge in [-0.1, -0.05) is 59.6 Å². The first kappa shape index (κ1) is 68.3. The van der Waals surface area contributed by atoms with Gasteiger partial charge in [0.15, 0.2) is 0 Å². The van der Waals surface area contributed by atoms with Crippen molar-refractivity contribution in [2.75, 3.05) is 78.1 Å². The molecule has 3 aliphatic rings. The van der Waals surface area contributed by atoms with Crippen molar-refractivity contribution in [3.05, 3.63) is 228 Å². The minimum Gasteiger partial charge on any atom is -0.493 e. The van der Waals surface area contributed by atoms with E-state index in [1.807, 2.05) is 85.0 Å². The first-order chi connectivity index (χ1) is 48.1. The maximum absolute atomic E-state index is 14.6. The third-order valence-electron chi connectivity index (χ3n) is 17.7. The van der Waals surface area contributed by atoms with Gasteiger partial charge in [0.25, 0.3) is 5.91 Å². The molecule has 0 bridgehead atoms. The molecule has 100 heavy (non-hydrogen) atoms. The van der Waals surface area contributed by atoms with Crippen molar-refractivity contribution in [2.45, 2.75) is 79.7 Å². The molecule has 6 aromatic heterocycles. The van der Waals surface area contributed by atoms with Crippen LogP contribution < -0.4 is 30.2 Å². The monoisotopic (exact) mass is 1390 g/mol. The molecular formula is C76H76Cl2F3N15O4. The van der Waals surface area contributed by atoms with E-state index >= 15 is 0 Å².